The molecule has 1 aromatic carbocycles. The van der Waals surface area contributed by atoms with Crippen LogP contribution < -0.4 is 5.32 Å². The number of urea groups is 1. The second kappa shape index (κ2) is 7.57. The number of pyridine rings is 1. The third-order valence-electron chi connectivity index (χ3n) is 4.98. The van der Waals surface area contributed by atoms with Gasteiger partial charge in [0.2, 0.25) is 0 Å². The van der Waals surface area contributed by atoms with E-state index in [1.165, 1.54) is 0 Å². The van der Waals surface area contributed by atoms with E-state index in [4.69, 9.17) is 0 Å². The Morgan fingerprint density at radius 2 is 2.07 bits per heavy atom. The van der Waals surface area contributed by atoms with Gasteiger partial charge in [-0.25, -0.2) is 4.79 Å². The van der Waals surface area contributed by atoms with Crippen LogP contribution in [0, 0.1) is 0 Å². The Kier molecular flexibility index (Phi) is 4.82. The summed E-state index contributed by atoms with van der Waals surface area (Å²) < 4.78 is 1.82. The molecule has 1 atom stereocenters. The van der Waals surface area contributed by atoms with Crippen molar-refractivity contribution in [3.63, 3.8) is 0 Å². The van der Waals surface area contributed by atoms with Gasteiger partial charge in [0.25, 0.3) is 0 Å². The highest BCUT2D eigenvalue weighted by Gasteiger charge is 2.31. The minimum absolute atomic E-state index is 0.0253. The molecule has 0 radical (unpaired) electrons. The van der Waals surface area contributed by atoms with Gasteiger partial charge >= 0.3 is 6.03 Å². The number of likely N-dealkylation sites (tertiary alicyclic amines) is 1. The number of carbonyl (C=O) groups excluding carboxylic acids is 1. The fourth-order valence-corrected chi connectivity index (χ4v) is 3.56. The highest BCUT2D eigenvalue weighted by atomic mass is 16.2. The molecule has 0 spiro atoms. The van der Waals surface area contributed by atoms with E-state index in [2.05, 4.69) is 27.4 Å². The van der Waals surface area contributed by atoms with Crippen LogP contribution in [0.15, 0.2) is 55.2 Å². The van der Waals surface area contributed by atoms with E-state index in [0.717, 1.165) is 48.4 Å². The Hall–Kier alpha value is -3.22. The number of nitrogens with zero attached hydrogens (tertiary/aromatic N) is 5. The maximum absolute atomic E-state index is 13.0. The van der Waals surface area contributed by atoms with Crippen LogP contribution in [-0.2, 0) is 6.42 Å². The predicted molar refractivity (Wildman–Crippen MR) is 103 cm³/mol. The molecule has 27 heavy (non-hydrogen) atoms. The van der Waals surface area contributed by atoms with Gasteiger partial charge in [0.05, 0.1) is 17.4 Å². The average molecular weight is 362 g/mol. The maximum atomic E-state index is 13.0. The highest BCUT2D eigenvalue weighted by molar-refractivity contribution is 5.91. The van der Waals surface area contributed by atoms with Crippen LogP contribution in [0.3, 0.4) is 0 Å². The Labute approximate surface area is 158 Å². The zero-order chi connectivity index (χ0) is 18.6. The Morgan fingerprint density at radius 1 is 1.22 bits per heavy atom. The molecule has 1 aliphatic heterocycles. The second-order valence-electron chi connectivity index (χ2n) is 6.60. The number of anilines is 1. The normalized spacial score (nSPS) is 16.5. The Bertz CT molecular complexity index is 909. The lowest BCUT2D eigenvalue weighted by atomic mass is 10.1. The molecule has 0 aliphatic carbocycles. The fraction of sp³-hybridized carbons (Fsp3) is 0.300. The lowest BCUT2D eigenvalue weighted by molar-refractivity contribution is 0.206. The van der Waals surface area contributed by atoms with Gasteiger partial charge in [0, 0.05) is 18.4 Å². The number of aromatic nitrogens is 4. The van der Waals surface area contributed by atoms with Crippen LogP contribution in [0.25, 0.3) is 5.69 Å². The van der Waals surface area contributed by atoms with Crippen molar-refractivity contribution in [2.75, 3.05) is 11.9 Å². The van der Waals surface area contributed by atoms with Gasteiger partial charge in [0.1, 0.15) is 12.7 Å². The quantitative estimate of drug-likeness (QED) is 0.769. The molecule has 2 amide bonds. The van der Waals surface area contributed by atoms with E-state index in [-0.39, 0.29) is 12.1 Å². The summed E-state index contributed by atoms with van der Waals surface area (Å²) in [7, 11) is 0. The Morgan fingerprint density at radius 3 is 2.81 bits per heavy atom. The average Bonchev–Trinajstić information content (AvgIpc) is 3.40. The zero-order valence-corrected chi connectivity index (χ0v) is 15.2. The van der Waals surface area contributed by atoms with E-state index in [0.29, 0.717) is 0 Å². The van der Waals surface area contributed by atoms with Crippen LogP contribution in [0.1, 0.15) is 37.1 Å². The smallest absolute Gasteiger partial charge is 0.316 e. The zero-order valence-electron chi connectivity index (χ0n) is 15.2. The summed E-state index contributed by atoms with van der Waals surface area (Å²) in [4.78, 5) is 19.3. The standard InChI is InChI=1S/C20H22N6O/c1-2-15-8-9-16(25-13-22-23-14-25)12-18(15)24-20(27)26-11-5-7-19(26)17-6-3-4-10-21-17/h3-4,6,8-10,12-14,19H,2,5,7,11H2,1H3,(H,24,27). The summed E-state index contributed by atoms with van der Waals surface area (Å²) in [5.74, 6) is 0. The molecule has 3 heterocycles. The molecule has 1 aliphatic rings. The summed E-state index contributed by atoms with van der Waals surface area (Å²) in [5.41, 5.74) is 3.77. The van der Waals surface area contributed by atoms with E-state index in [1.807, 2.05) is 45.9 Å². The third-order valence-corrected chi connectivity index (χ3v) is 4.98. The first-order valence-electron chi connectivity index (χ1n) is 9.22. The molecular formula is C20H22N6O. The maximum Gasteiger partial charge on any atom is 0.322 e. The number of aryl methyl sites for hydroxylation is 1. The monoisotopic (exact) mass is 362 g/mol. The minimum atomic E-state index is -0.0845. The summed E-state index contributed by atoms with van der Waals surface area (Å²) in [5, 5.41) is 10.8. The fourth-order valence-electron chi connectivity index (χ4n) is 3.56. The lowest BCUT2D eigenvalue weighted by Crippen LogP contribution is -2.35. The van der Waals surface area contributed by atoms with Crippen molar-refractivity contribution >= 4 is 11.7 Å². The minimum Gasteiger partial charge on any atom is -0.316 e. The molecule has 7 heteroatoms. The summed E-state index contributed by atoms with van der Waals surface area (Å²) in [6, 6.07) is 11.8. The van der Waals surface area contributed by atoms with Gasteiger partial charge in [0.15, 0.2) is 0 Å². The predicted octanol–water partition coefficient (Wildman–Crippen LogP) is 3.59. The molecule has 1 fully saturated rings. The number of hydrogen-bond donors (Lipinski definition) is 1. The molecule has 1 saturated heterocycles. The van der Waals surface area contributed by atoms with Crippen molar-refractivity contribution < 1.29 is 4.79 Å². The molecule has 3 aromatic rings. The van der Waals surface area contributed by atoms with Crippen LogP contribution in [0.2, 0.25) is 0 Å². The van der Waals surface area contributed by atoms with E-state index in [1.54, 1.807) is 18.9 Å². The molecule has 1 unspecified atom stereocenters. The number of rotatable bonds is 4. The SMILES string of the molecule is CCc1ccc(-n2cnnc2)cc1NC(=O)N1CCCC1c1ccccn1. The molecular weight excluding hydrogens is 340 g/mol. The molecule has 138 valence electrons. The van der Waals surface area contributed by atoms with Gasteiger partial charge in [-0.05, 0) is 49.1 Å². The van der Waals surface area contributed by atoms with Crippen molar-refractivity contribution in [1.29, 1.82) is 0 Å². The summed E-state index contributed by atoms with van der Waals surface area (Å²) in [6.07, 6.45) is 7.82. The summed E-state index contributed by atoms with van der Waals surface area (Å²) >= 11 is 0. The Balaban J connectivity index is 1.58. The lowest BCUT2D eigenvalue weighted by Gasteiger charge is -2.25. The number of benzene rings is 1. The number of nitrogens with one attached hydrogen (secondary N) is 1. The van der Waals surface area contributed by atoms with Crippen LogP contribution in [-0.4, -0.2) is 37.2 Å². The molecule has 4 rings (SSSR count). The third kappa shape index (κ3) is 3.53. The first-order chi connectivity index (χ1) is 13.3. The second-order valence-corrected chi connectivity index (χ2v) is 6.60. The number of amides is 2. The van der Waals surface area contributed by atoms with Gasteiger partial charge in [-0.1, -0.05) is 19.1 Å². The van der Waals surface area contributed by atoms with E-state index in [9.17, 15) is 4.79 Å². The van der Waals surface area contributed by atoms with Crippen LogP contribution in [0.5, 0.6) is 0 Å². The van der Waals surface area contributed by atoms with Gasteiger partial charge in [-0.2, -0.15) is 0 Å². The first kappa shape index (κ1) is 17.2. The molecule has 1 N–H and O–H groups in total. The molecule has 2 aromatic heterocycles. The van der Waals surface area contributed by atoms with Gasteiger partial charge in [-0.3, -0.25) is 9.55 Å². The highest BCUT2D eigenvalue weighted by Crippen LogP contribution is 2.31. The van der Waals surface area contributed by atoms with Crippen molar-refractivity contribution in [3.05, 3.63) is 66.5 Å². The van der Waals surface area contributed by atoms with Crippen LogP contribution in [0.4, 0.5) is 10.5 Å². The van der Waals surface area contributed by atoms with Crippen molar-refractivity contribution in [2.24, 2.45) is 0 Å². The largest absolute Gasteiger partial charge is 0.322 e. The molecule has 7 nitrogen and oxygen atoms in total. The van der Waals surface area contributed by atoms with Gasteiger partial charge < -0.3 is 10.2 Å². The van der Waals surface area contributed by atoms with Crippen molar-refractivity contribution in [1.82, 2.24) is 24.6 Å². The molecule has 0 saturated carbocycles. The number of carbonyl (C=O) groups is 1. The summed E-state index contributed by atoms with van der Waals surface area (Å²) in [6.45, 7) is 2.82. The van der Waals surface area contributed by atoms with Crippen molar-refractivity contribution in [3.8, 4) is 5.69 Å². The van der Waals surface area contributed by atoms with E-state index < -0.39 is 0 Å². The van der Waals surface area contributed by atoms with E-state index >= 15 is 0 Å². The molecule has 0 bridgehead atoms. The first-order valence-corrected chi connectivity index (χ1v) is 9.22. The number of hydrogen-bond acceptors (Lipinski definition) is 4. The van der Waals surface area contributed by atoms with Crippen LogP contribution >= 0.6 is 0 Å². The van der Waals surface area contributed by atoms with Crippen molar-refractivity contribution in [2.45, 2.75) is 32.2 Å². The topological polar surface area (TPSA) is 75.9 Å². The van der Waals surface area contributed by atoms with Gasteiger partial charge in [-0.15, -0.1) is 10.2 Å².